The number of nitrogens with zero attached hydrogens (tertiary/aromatic N) is 1. The third-order valence-corrected chi connectivity index (χ3v) is 2.64. The van der Waals surface area contributed by atoms with Crippen LogP contribution in [0.5, 0.6) is 0 Å². The Morgan fingerprint density at radius 1 is 1.44 bits per heavy atom. The molecule has 0 aliphatic heterocycles. The van der Waals surface area contributed by atoms with E-state index >= 15 is 0 Å². The molecule has 0 unspecified atom stereocenters. The molecular weight excluding hydrogens is 226 g/mol. The van der Waals surface area contributed by atoms with Crippen molar-refractivity contribution in [3.05, 3.63) is 30.1 Å². The predicted molar refractivity (Wildman–Crippen MR) is 62.6 cm³/mol. The molecule has 1 aromatic rings. The van der Waals surface area contributed by atoms with E-state index in [1.807, 2.05) is 12.1 Å². The molecule has 1 heterocycles. The number of thioether (sulfide) groups is 1. The number of amides is 2. The molecule has 1 rings (SSSR count). The summed E-state index contributed by atoms with van der Waals surface area (Å²) in [5.41, 5.74) is 5.88. The van der Waals surface area contributed by atoms with Crippen LogP contribution in [0.25, 0.3) is 0 Å². The van der Waals surface area contributed by atoms with Crippen LogP contribution < -0.4 is 11.1 Å². The molecule has 2 amide bonds. The number of hydrogen-bond donors (Lipinski definition) is 2. The molecule has 1 aromatic heterocycles. The van der Waals surface area contributed by atoms with E-state index in [0.29, 0.717) is 6.54 Å². The van der Waals surface area contributed by atoms with Crippen LogP contribution in [0.2, 0.25) is 0 Å². The Balaban J connectivity index is 2.18. The van der Waals surface area contributed by atoms with Gasteiger partial charge in [0.1, 0.15) is 0 Å². The number of primary amides is 1. The van der Waals surface area contributed by atoms with Crippen molar-refractivity contribution in [3.8, 4) is 0 Å². The van der Waals surface area contributed by atoms with Crippen LogP contribution in [-0.4, -0.2) is 28.3 Å². The molecule has 86 valence electrons. The summed E-state index contributed by atoms with van der Waals surface area (Å²) < 4.78 is 0. The van der Waals surface area contributed by atoms with Crippen molar-refractivity contribution in [1.82, 2.24) is 10.3 Å². The van der Waals surface area contributed by atoms with E-state index in [1.165, 1.54) is 11.8 Å². The van der Waals surface area contributed by atoms with Gasteiger partial charge in [-0.2, -0.15) is 0 Å². The van der Waals surface area contributed by atoms with Gasteiger partial charge in [0, 0.05) is 18.9 Å². The molecule has 3 N–H and O–H groups in total. The zero-order chi connectivity index (χ0) is 11.8. The van der Waals surface area contributed by atoms with Crippen molar-refractivity contribution < 1.29 is 9.59 Å². The number of aromatic nitrogens is 1. The Labute approximate surface area is 97.8 Å². The zero-order valence-corrected chi connectivity index (χ0v) is 9.50. The van der Waals surface area contributed by atoms with Crippen LogP contribution in [0.4, 0.5) is 0 Å². The lowest BCUT2D eigenvalue weighted by Crippen LogP contribution is -2.25. The molecule has 0 saturated heterocycles. The normalized spacial score (nSPS) is 9.75. The highest BCUT2D eigenvalue weighted by Gasteiger charge is 2.02. The number of hydrogen-bond acceptors (Lipinski definition) is 4. The Morgan fingerprint density at radius 2 is 2.25 bits per heavy atom. The summed E-state index contributed by atoms with van der Waals surface area (Å²) in [5, 5.41) is 2.72. The summed E-state index contributed by atoms with van der Waals surface area (Å²) in [6, 6.07) is 3.69. The number of pyridine rings is 1. The number of nitrogens with one attached hydrogen (secondary N) is 1. The molecule has 0 radical (unpaired) electrons. The van der Waals surface area contributed by atoms with Crippen LogP contribution in [-0.2, 0) is 16.1 Å². The fourth-order valence-corrected chi connectivity index (χ4v) is 1.59. The molecule has 0 aromatic carbocycles. The highest BCUT2D eigenvalue weighted by Crippen LogP contribution is 1.99. The zero-order valence-electron chi connectivity index (χ0n) is 8.68. The second-order valence-electron chi connectivity index (χ2n) is 3.10. The molecule has 0 saturated carbocycles. The van der Waals surface area contributed by atoms with Crippen LogP contribution in [0, 0.1) is 0 Å². The first-order chi connectivity index (χ1) is 7.68. The van der Waals surface area contributed by atoms with Gasteiger partial charge in [0.25, 0.3) is 0 Å². The minimum atomic E-state index is -0.412. The highest BCUT2D eigenvalue weighted by atomic mass is 32.2. The van der Waals surface area contributed by atoms with Gasteiger partial charge in [-0.3, -0.25) is 14.6 Å². The van der Waals surface area contributed by atoms with E-state index in [0.717, 1.165) is 5.56 Å². The van der Waals surface area contributed by atoms with Gasteiger partial charge in [0.15, 0.2) is 0 Å². The predicted octanol–water partition coefficient (Wildman–Crippen LogP) is -0.0837. The van der Waals surface area contributed by atoms with Gasteiger partial charge in [-0.15, -0.1) is 11.8 Å². The molecule has 16 heavy (non-hydrogen) atoms. The quantitative estimate of drug-likeness (QED) is 0.727. The third-order valence-electron chi connectivity index (χ3n) is 1.69. The smallest absolute Gasteiger partial charge is 0.230 e. The molecule has 5 nitrogen and oxygen atoms in total. The van der Waals surface area contributed by atoms with Crippen molar-refractivity contribution in [1.29, 1.82) is 0 Å². The molecule has 6 heteroatoms. The summed E-state index contributed by atoms with van der Waals surface area (Å²) in [4.78, 5) is 25.6. The van der Waals surface area contributed by atoms with E-state index in [9.17, 15) is 9.59 Å². The van der Waals surface area contributed by atoms with Crippen molar-refractivity contribution >= 4 is 23.6 Å². The monoisotopic (exact) mass is 239 g/mol. The molecule has 0 aliphatic carbocycles. The average molecular weight is 239 g/mol. The third kappa shape index (κ3) is 5.35. The summed E-state index contributed by atoms with van der Waals surface area (Å²) >= 11 is 1.20. The van der Waals surface area contributed by atoms with Crippen molar-refractivity contribution in [2.45, 2.75) is 6.54 Å². The van der Waals surface area contributed by atoms with Gasteiger partial charge in [0.2, 0.25) is 11.8 Å². The molecular formula is C10H13N3O2S. The van der Waals surface area contributed by atoms with Crippen molar-refractivity contribution in [2.75, 3.05) is 11.5 Å². The summed E-state index contributed by atoms with van der Waals surface area (Å²) in [7, 11) is 0. The lowest BCUT2D eigenvalue weighted by atomic mass is 10.3. The summed E-state index contributed by atoms with van der Waals surface area (Å²) in [5.74, 6) is -0.121. The van der Waals surface area contributed by atoms with Gasteiger partial charge in [0.05, 0.1) is 11.5 Å². The second kappa shape index (κ2) is 6.84. The first kappa shape index (κ1) is 12.5. The molecule has 0 aliphatic rings. The van der Waals surface area contributed by atoms with E-state index in [2.05, 4.69) is 10.3 Å². The lowest BCUT2D eigenvalue weighted by Gasteiger charge is -2.03. The maximum absolute atomic E-state index is 11.3. The van der Waals surface area contributed by atoms with Crippen LogP contribution >= 0.6 is 11.8 Å². The largest absolute Gasteiger partial charge is 0.369 e. The number of carbonyl (C=O) groups is 2. The summed E-state index contributed by atoms with van der Waals surface area (Å²) in [6.45, 7) is 0.448. The van der Waals surface area contributed by atoms with E-state index < -0.39 is 5.91 Å². The topological polar surface area (TPSA) is 85.1 Å². The van der Waals surface area contributed by atoms with E-state index in [-0.39, 0.29) is 17.4 Å². The Kier molecular flexibility index (Phi) is 5.35. The van der Waals surface area contributed by atoms with Crippen LogP contribution in [0.15, 0.2) is 24.5 Å². The maximum Gasteiger partial charge on any atom is 0.230 e. The fraction of sp³-hybridized carbons (Fsp3) is 0.300. The minimum absolute atomic E-state index is 0.116. The van der Waals surface area contributed by atoms with Gasteiger partial charge in [-0.05, 0) is 11.6 Å². The first-order valence-corrected chi connectivity index (χ1v) is 5.85. The van der Waals surface area contributed by atoms with Crippen LogP contribution in [0.1, 0.15) is 5.56 Å². The number of nitrogens with two attached hydrogens (primary N) is 1. The Bertz CT molecular complexity index is 356. The Hall–Kier alpha value is -1.56. The minimum Gasteiger partial charge on any atom is -0.369 e. The standard InChI is InChI=1S/C10H13N3O2S/c11-9(14)6-16-7-10(15)13-5-8-2-1-3-12-4-8/h1-4H,5-7H2,(H2,11,14)(H,13,15). The van der Waals surface area contributed by atoms with E-state index in [4.69, 9.17) is 5.73 Å². The Morgan fingerprint density at radius 3 is 2.88 bits per heavy atom. The van der Waals surface area contributed by atoms with Crippen molar-refractivity contribution in [3.63, 3.8) is 0 Å². The van der Waals surface area contributed by atoms with Gasteiger partial charge < -0.3 is 11.1 Å². The van der Waals surface area contributed by atoms with Crippen LogP contribution in [0.3, 0.4) is 0 Å². The molecule has 0 atom stereocenters. The van der Waals surface area contributed by atoms with E-state index in [1.54, 1.807) is 12.4 Å². The maximum atomic E-state index is 11.3. The first-order valence-electron chi connectivity index (χ1n) is 4.70. The van der Waals surface area contributed by atoms with Gasteiger partial charge in [-0.25, -0.2) is 0 Å². The van der Waals surface area contributed by atoms with Gasteiger partial charge in [-0.1, -0.05) is 6.07 Å². The SMILES string of the molecule is NC(=O)CSCC(=O)NCc1cccnc1. The molecule has 0 spiro atoms. The fourth-order valence-electron chi connectivity index (χ4n) is 0.999. The molecule has 0 bridgehead atoms. The molecule has 0 fully saturated rings. The second-order valence-corrected chi connectivity index (χ2v) is 4.08. The lowest BCUT2D eigenvalue weighted by molar-refractivity contribution is -0.118. The summed E-state index contributed by atoms with van der Waals surface area (Å²) in [6.07, 6.45) is 3.37. The average Bonchev–Trinajstić information content (AvgIpc) is 2.27. The van der Waals surface area contributed by atoms with Gasteiger partial charge >= 0.3 is 0 Å². The number of rotatable bonds is 6. The highest BCUT2D eigenvalue weighted by molar-refractivity contribution is 8.00. The van der Waals surface area contributed by atoms with Crippen molar-refractivity contribution in [2.24, 2.45) is 5.73 Å². The number of carbonyl (C=O) groups excluding carboxylic acids is 2.